The third-order valence-corrected chi connectivity index (χ3v) is 12.0. The van der Waals surface area contributed by atoms with Gasteiger partial charge in [-0.1, -0.05) is 30.3 Å². The second kappa shape index (κ2) is 31.0. The van der Waals surface area contributed by atoms with Gasteiger partial charge in [0.05, 0.1) is 89.3 Å². The summed E-state index contributed by atoms with van der Waals surface area (Å²) in [6.45, 7) is 4.43. The Labute approximate surface area is 485 Å². The molecule has 0 atom stereocenters. The monoisotopic (exact) mass is 1160 g/mol. The van der Waals surface area contributed by atoms with Crippen molar-refractivity contribution in [1.82, 2.24) is 0 Å². The van der Waals surface area contributed by atoms with Crippen LogP contribution in [-0.4, -0.2) is 113 Å². The summed E-state index contributed by atoms with van der Waals surface area (Å²) in [5, 5.41) is 0. The van der Waals surface area contributed by atoms with E-state index in [1.54, 1.807) is 48.5 Å². The summed E-state index contributed by atoms with van der Waals surface area (Å²) >= 11 is 0. The van der Waals surface area contributed by atoms with E-state index in [0.717, 1.165) is 5.56 Å². The summed E-state index contributed by atoms with van der Waals surface area (Å²) in [4.78, 5) is 74.2. The number of hydrogen-bond acceptors (Lipinski definition) is 21. The summed E-state index contributed by atoms with van der Waals surface area (Å²) in [5.41, 5.74) is 2.10. The molecule has 84 heavy (non-hydrogen) atoms. The Hall–Kier alpha value is -10.4. The van der Waals surface area contributed by atoms with Crippen molar-refractivity contribution in [2.75, 3.05) is 78.2 Å². The molecular weight excluding hydrogens is 1090 g/mol. The number of esters is 3. The Bertz CT molecular complexity index is 3460. The average molecular weight is 1160 g/mol. The molecule has 0 fully saturated rings. The van der Waals surface area contributed by atoms with Gasteiger partial charge in [-0.25, -0.2) is 14.4 Å². The highest BCUT2D eigenvalue weighted by molar-refractivity contribution is 6.04. The standard InChI is InChI=1S/C25H24O7.C20H22O8.C18H18O6/c1-16(26)24-22(30-4)13-19(28-2)14-23(24)32-25(27)18-10-11-20(21(12-18)29-3)31-15-17-8-6-5-7-9-17;1-11(21)19-17(27-6)7-12(23-2)8-18(19)28-20(22)13-9-15(25-4)16(26-5)10-14(13)24-3;1-11(19)17-15(23-4)9-14(22-3)10-16(17)24-18(20)12-5-7-13(21-2)8-6-12/h5-14H,15H2,1-4H3;7-10H,1-6H3;5-10H,1-4H3. The van der Waals surface area contributed by atoms with Crippen LogP contribution in [0.3, 0.4) is 0 Å². The van der Waals surface area contributed by atoms with Crippen LogP contribution in [0, 0.1) is 0 Å². The molecule has 0 bridgehead atoms. The Morgan fingerprint density at radius 1 is 0.298 bits per heavy atom. The third-order valence-electron chi connectivity index (χ3n) is 12.0. The molecule has 0 N–H and O–H groups in total. The van der Waals surface area contributed by atoms with Gasteiger partial charge in [0, 0.05) is 48.5 Å². The first-order valence-electron chi connectivity index (χ1n) is 25.1. The molecule has 0 spiro atoms. The third kappa shape index (κ3) is 16.4. The summed E-state index contributed by atoms with van der Waals surface area (Å²) in [6.07, 6.45) is 0. The predicted molar refractivity (Wildman–Crippen MR) is 306 cm³/mol. The highest BCUT2D eigenvalue weighted by atomic mass is 16.6. The number of hydrogen-bond donors (Lipinski definition) is 0. The molecule has 0 aliphatic carbocycles. The number of methoxy groups -OCH3 is 11. The van der Waals surface area contributed by atoms with Crippen LogP contribution in [0.5, 0.6) is 86.2 Å². The molecule has 21 heteroatoms. The topological polar surface area (TPSA) is 241 Å². The smallest absolute Gasteiger partial charge is 0.347 e. The fourth-order valence-corrected chi connectivity index (χ4v) is 7.85. The van der Waals surface area contributed by atoms with E-state index in [4.69, 9.17) is 71.1 Å². The molecule has 0 unspecified atom stereocenters. The molecule has 0 aromatic heterocycles. The molecule has 7 aromatic rings. The molecule has 0 aliphatic rings. The van der Waals surface area contributed by atoms with Crippen molar-refractivity contribution in [3.8, 4) is 86.2 Å². The molecule has 21 nitrogen and oxygen atoms in total. The molecule has 442 valence electrons. The van der Waals surface area contributed by atoms with Crippen molar-refractivity contribution in [2.24, 2.45) is 0 Å². The second-order valence-electron chi connectivity index (χ2n) is 17.2. The van der Waals surface area contributed by atoms with E-state index >= 15 is 0 Å². The van der Waals surface area contributed by atoms with Gasteiger partial charge in [0.15, 0.2) is 40.3 Å². The normalized spacial score (nSPS) is 10.1. The first-order valence-corrected chi connectivity index (χ1v) is 25.1. The van der Waals surface area contributed by atoms with Crippen molar-refractivity contribution in [3.63, 3.8) is 0 Å². The predicted octanol–water partition coefficient (Wildman–Crippen LogP) is 11.0. The molecule has 7 rings (SSSR count). The van der Waals surface area contributed by atoms with E-state index in [9.17, 15) is 28.8 Å². The summed E-state index contributed by atoms with van der Waals surface area (Å²) < 4.78 is 79.6. The minimum atomic E-state index is -0.754. The number of Topliss-reactive ketones (excluding diaryl/α,β-unsaturated/α-hetero) is 3. The Kier molecular flexibility index (Phi) is 23.7. The molecule has 0 saturated heterocycles. The van der Waals surface area contributed by atoms with Crippen molar-refractivity contribution in [1.29, 1.82) is 0 Å². The Morgan fingerprint density at radius 3 is 1.05 bits per heavy atom. The van der Waals surface area contributed by atoms with E-state index in [1.165, 1.54) is 141 Å². The van der Waals surface area contributed by atoms with Crippen LogP contribution in [0.2, 0.25) is 0 Å². The van der Waals surface area contributed by atoms with Crippen LogP contribution in [0.1, 0.15) is 88.5 Å². The van der Waals surface area contributed by atoms with E-state index < -0.39 is 17.9 Å². The molecule has 0 aliphatic heterocycles. The maximum absolute atomic E-state index is 12.8. The Morgan fingerprint density at radius 2 is 0.655 bits per heavy atom. The van der Waals surface area contributed by atoms with Crippen molar-refractivity contribution < 1.29 is 99.8 Å². The van der Waals surface area contributed by atoms with Gasteiger partial charge in [0.25, 0.3) is 0 Å². The van der Waals surface area contributed by atoms with E-state index in [-0.39, 0.29) is 85.4 Å². The van der Waals surface area contributed by atoms with Gasteiger partial charge < -0.3 is 71.1 Å². The highest BCUT2D eigenvalue weighted by Gasteiger charge is 2.26. The first kappa shape index (κ1) is 64.4. The summed E-state index contributed by atoms with van der Waals surface area (Å²) in [7, 11) is 16.0. The summed E-state index contributed by atoms with van der Waals surface area (Å²) in [6, 6.07) is 32.8. The van der Waals surface area contributed by atoms with Crippen LogP contribution < -0.4 is 71.1 Å². The lowest BCUT2D eigenvalue weighted by Gasteiger charge is -2.16. The van der Waals surface area contributed by atoms with Crippen molar-refractivity contribution >= 4 is 35.3 Å². The molecule has 0 heterocycles. The quantitative estimate of drug-likeness (QED) is 0.0328. The van der Waals surface area contributed by atoms with Crippen LogP contribution in [0.25, 0.3) is 0 Å². The zero-order valence-corrected chi connectivity index (χ0v) is 48.8. The van der Waals surface area contributed by atoms with Crippen molar-refractivity contribution in [2.45, 2.75) is 27.4 Å². The van der Waals surface area contributed by atoms with Crippen LogP contribution in [0.4, 0.5) is 0 Å². The molecule has 0 amide bonds. The minimum absolute atomic E-state index is 0.00513. The minimum Gasteiger partial charge on any atom is -0.497 e. The second-order valence-corrected chi connectivity index (χ2v) is 17.2. The number of ether oxygens (including phenoxy) is 15. The van der Waals surface area contributed by atoms with Crippen LogP contribution in [-0.2, 0) is 6.61 Å². The molecule has 7 aromatic carbocycles. The van der Waals surface area contributed by atoms with E-state index in [2.05, 4.69) is 0 Å². The lowest BCUT2D eigenvalue weighted by atomic mass is 10.1. The largest absolute Gasteiger partial charge is 0.497 e. The fourth-order valence-electron chi connectivity index (χ4n) is 7.85. The zero-order chi connectivity index (χ0) is 61.6. The summed E-state index contributed by atoms with van der Waals surface area (Å²) in [5.74, 6) is 1.53. The number of carbonyl (C=O) groups excluding carboxylic acids is 6. The highest BCUT2D eigenvalue weighted by Crippen LogP contribution is 2.40. The maximum Gasteiger partial charge on any atom is 0.347 e. The molecular formula is C63H64O21. The van der Waals surface area contributed by atoms with Crippen LogP contribution in [0.15, 0.2) is 121 Å². The fraction of sp³-hybridized carbons (Fsp3) is 0.238. The lowest BCUT2D eigenvalue weighted by Crippen LogP contribution is -2.13. The number of benzene rings is 7. The van der Waals surface area contributed by atoms with Gasteiger partial charge in [-0.2, -0.15) is 0 Å². The first-order chi connectivity index (χ1) is 40.3. The van der Waals surface area contributed by atoms with E-state index in [0.29, 0.717) is 58.2 Å². The maximum atomic E-state index is 12.8. The van der Waals surface area contributed by atoms with Crippen molar-refractivity contribution in [3.05, 3.63) is 160 Å². The number of ketones is 3. The zero-order valence-electron chi connectivity index (χ0n) is 48.8. The van der Waals surface area contributed by atoms with Gasteiger partial charge in [0.1, 0.15) is 92.1 Å². The number of rotatable bonds is 23. The lowest BCUT2D eigenvalue weighted by molar-refractivity contribution is 0.0717. The average Bonchev–Trinajstić information content (AvgIpc) is 3.01. The van der Waals surface area contributed by atoms with Gasteiger partial charge in [-0.05, 0) is 68.8 Å². The SMILES string of the molecule is COc1cc(OC)c(C(C)=O)c(OC(=O)c2cc(OC)c(OC)cc2OC)c1.COc1cc(OC)c(C(C)=O)c(OC(=O)c2ccc(OCc3ccccc3)c(OC)c2)c1.COc1ccc(C(=O)Oc2cc(OC)cc(OC)c2C(C)=O)cc1. The van der Waals surface area contributed by atoms with Gasteiger partial charge >= 0.3 is 17.9 Å². The molecule has 0 radical (unpaired) electrons. The molecule has 0 saturated carbocycles. The Balaban J connectivity index is 0.000000233. The van der Waals surface area contributed by atoms with Gasteiger partial charge in [-0.15, -0.1) is 0 Å². The van der Waals surface area contributed by atoms with Crippen LogP contribution >= 0.6 is 0 Å². The van der Waals surface area contributed by atoms with E-state index in [1.807, 2.05) is 30.3 Å². The number of carbonyl (C=O) groups is 6. The van der Waals surface area contributed by atoms with Gasteiger partial charge in [0.2, 0.25) is 0 Å². The van der Waals surface area contributed by atoms with Gasteiger partial charge in [-0.3, -0.25) is 14.4 Å².